The minimum absolute atomic E-state index is 0.828. The Labute approximate surface area is 153 Å². The topological polar surface area (TPSA) is 0 Å². The zero-order chi connectivity index (χ0) is 16.9. The van der Waals surface area contributed by atoms with Crippen molar-refractivity contribution in [3.63, 3.8) is 0 Å². The SMILES string of the molecule is c1ccc(C2CCCC2CCCC2CCCC2c2ccccc2)cc1. The van der Waals surface area contributed by atoms with Gasteiger partial charge in [-0.05, 0) is 73.3 Å². The number of benzene rings is 2. The summed E-state index contributed by atoms with van der Waals surface area (Å²) in [5.41, 5.74) is 3.18. The third-order valence-corrected chi connectivity index (χ3v) is 6.92. The van der Waals surface area contributed by atoms with Crippen LogP contribution in [0.5, 0.6) is 0 Å². The van der Waals surface area contributed by atoms with Gasteiger partial charge >= 0.3 is 0 Å². The van der Waals surface area contributed by atoms with Crippen LogP contribution in [-0.2, 0) is 0 Å². The Kier molecular flexibility index (Phi) is 5.55. The molecule has 0 saturated heterocycles. The number of rotatable bonds is 6. The van der Waals surface area contributed by atoms with Gasteiger partial charge in [0.15, 0.2) is 0 Å². The second-order valence-electron chi connectivity index (χ2n) is 8.35. The van der Waals surface area contributed by atoms with Gasteiger partial charge in [0.05, 0.1) is 0 Å². The van der Waals surface area contributed by atoms with E-state index in [9.17, 15) is 0 Å². The van der Waals surface area contributed by atoms with Crippen molar-refractivity contribution in [3.05, 3.63) is 71.8 Å². The first-order valence-electron chi connectivity index (χ1n) is 10.5. The molecule has 0 N–H and O–H groups in total. The fourth-order valence-electron chi connectivity index (χ4n) is 5.69. The molecule has 0 heteroatoms. The van der Waals surface area contributed by atoms with E-state index in [-0.39, 0.29) is 0 Å². The Morgan fingerprint density at radius 3 is 1.44 bits per heavy atom. The van der Waals surface area contributed by atoms with E-state index in [2.05, 4.69) is 60.7 Å². The highest BCUT2D eigenvalue weighted by atomic mass is 14.4. The molecule has 2 aromatic carbocycles. The Hall–Kier alpha value is -1.56. The summed E-state index contributed by atoms with van der Waals surface area (Å²) >= 11 is 0. The lowest BCUT2D eigenvalue weighted by Gasteiger charge is -2.23. The molecule has 4 unspecified atom stereocenters. The van der Waals surface area contributed by atoms with Gasteiger partial charge < -0.3 is 0 Å². The molecule has 0 spiro atoms. The van der Waals surface area contributed by atoms with Crippen molar-refractivity contribution in [1.29, 1.82) is 0 Å². The van der Waals surface area contributed by atoms with E-state index in [0.717, 1.165) is 23.7 Å². The van der Waals surface area contributed by atoms with E-state index in [1.807, 2.05) is 0 Å². The minimum atomic E-state index is 0.828. The van der Waals surface area contributed by atoms with E-state index in [0.29, 0.717) is 0 Å². The maximum atomic E-state index is 2.35. The highest BCUT2D eigenvalue weighted by Gasteiger charge is 2.30. The Balaban J connectivity index is 1.31. The van der Waals surface area contributed by atoms with Crippen LogP contribution in [0.25, 0.3) is 0 Å². The van der Waals surface area contributed by atoms with Crippen LogP contribution >= 0.6 is 0 Å². The molecule has 0 nitrogen and oxygen atoms in total. The van der Waals surface area contributed by atoms with Crippen molar-refractivity contribution in [2.45, 2.75) is 69.6 Å². The predicted molar refractivity (Wildman–Crippen MR) is 107 cm³/mol. The molecule has 25 heavy (non-hydrogen) atoms. The van der Waals surface area contributed by atoms with Gasteiger partial charge in [-0.15, -0.1) is 0 Å². The highest BCUT2D eigenvalue weighted by Crippen LogP contribution is 2.45. The van der Waals surface area contributed by atoms with Crippen LogP contribution < -0.4 is 0 Å². The lowest BCUT2D eigenvalue weighted by Crippen LogP contribution is -2.09. The molecular formula is C25H32. The average Bonchev–Trinajstić information content (AvgIpc) is 3.33. The summed E-state index contributed by atoms with van der Waals surface area (Å²) in [5, 5.41) is 0. The summed E-state index contributed by atoms with van der Waals surface area (Å²) in [7, 11) is 0. The van der Waals surface area contributed by atoms with E-state index >= 15 is 0 Å². The van der Waals surface area contributed by atoms with E-state index in [1.54, 1.807) is 11.1 Å². The van der Waals surface area contributed by atoms with Crippen molar-refractivity contribution in [1.82, 2.24) is 0 Å². The molecule has 0 heterocycles. The van der Waals surface area contributed by atoms with Gasteiger partial charge in [0.1, 0.15) is 0 Å². The first-order valence-corrected chi connectivity index (χ1v) is 10.5. The summed E-state index contributed by atoms with van der Waals surface area (Å²) in [4.78, 5) is 0. The average molecular weight is 333 g/mol. The first-order chi connectivity index (χ1) is 12.4. The summed E-state index contributed by atoms with van der Waals surface area (Å²) in [6, 6.07) is 22.6. The van der Waals surface area contributed by atoms with Crippen LogP contribution in [0.1, 0.15) is 80.8 Å². The molecular weight excluding hydrogens is 300 g/mol. The molecule has 0 bridgehead atoms. The summed E-state index contributed by atoms with van der Waals surface area (Å²) in [5.74, 6) is 3.52. The van der Waals surface area contributed by atoms with E-state index < -0.39 is 0 Å². The van der Waals surface area contributed by atoms with Gasteiger partial charge in [-0.25, -0.2) is 0 Å². The van der Waals surface area contributed by atoms with E-state index in [1.165, 1.54) is 57.8 Å². The van der Waals surface area contributed by atoms with Crippen LogP contribution in [0.2, 0.25) is 0 Å². The maximum Gasteiger partial charge on any atom is -0.0134 e. The van der Waals surface area contributed by atoms with Crippen molar-refractivity contribution in [3.8, 4) is 0 Å². The molecule has 0 amide bonds. The number of hydrogen-bond donors (Lipinski definition) is 0. The zero-order valence-electron chi connectivity index (χ0n) is 15.4. The third kappa shape index (κ3) is 4.00. The summed E-state index contributed by atoms with van der Waals surface area (Å²) in [6.07, 6.45) is 12.9. The Morgan fingerprint density at radius 2 is 1.00 bits per heavy atom. The fourth-order valence-corrected chi connectivity index (χ4v) is 5.69. The molecule has 2 aliphatic carbocycles. The summed E-state index contributed by atoms with van der Waals surface area (Å²) < 4.78 is 0. The largest absolute Gasteiger partial charge is 0.0622 e. The Morgan fingerprint density at radius 1 is 0.560 bits per heavy atom. The van der Waals surface area contributed by atoms with Crippen molar-refractivity contribution in [2.75, 3.05) is 0 Å². The minimum Gasteiger partial charge on any atom is -0.0622 e. The second kappa shape index (κ2) is 8.21. The highest BCUT2D eigenvalue weighted by molar-refractivity contribution is 5.22. The zero-order valence-corrected chi connectivity index (χ0v) is 15.4. The van der Waals surface area contributed by atoms with Gasteiger partial charge in [0, 0.05) is 0 Å². The standard InChI is InChI=1S/C25H32/c1-3-10-20(11-4-1)24-18-8-16-22(24)14-7-15-23-17-9-19-25(23)21-12-5-2-6-13-21/h1-6,10-13,22-25H,7-9,14-19H2. The van der Waals surface area contributed by atoms with Gasteiger partial charge in [0.2, 0.25) is 0 Å². The van der Waals surface area contributed by atoms with Crippen LogP contribution in [0.3, 0.4) is 0 Å². The molecule has 0 aliphatic heterocycles. The molecule has 0 aromatic heterocycles. The van der Waals surface area contributed by atoms with Crippen molar-refractivity contribution >= 4 is 0 Å². The maximum absolute atomic E-state index is 2.35. The smallest absolute Gasteiger partial charge is 0.0134 e. The first kappa shape index (κ1) is 16.9. The molecule has 2 aliphatic rings. The monoisotopic (exact) mass is 332 g/mol. The van der Waals surface area contributed by atoms with Gasteiger partial charge in [-0.1, -0.05) is 79.9 Å². The summed E-state index contributed by atoms with van der Waals surface area (Å²) in [6.45, 7) is 0. The quantitative estimate of drug-likeness (QED) is 0.519. The normalized spacial score (nSPS) is 29.1. The lowest BCUT2D eigenvalue weighted by molar-refractivity contribution is 0.375. The molecule has 2 aromatic rings. The Bertz CT molecular complexity index is 572. The van der Waals surface area contributed by atoms with E-state index in [4.69, 9.17) is 0 Å². The van der Waals surface area contributed by atoms with Crippen LogP contribution in [0.4, 0.5) is 0 Å². The van der Waals surface area contributed by atoms with Crippen LogP contribution in [0.15, 0.2) is 60.7 Å². The molecule has 0 radical (unpaired) electrons. The van der Waals surface area contributed by atoms with Gasteiger partial charge in [0.25, 0.3) is 0 Å². The lowest BCUT2D eigenvalue weighted by atomic mass is 9.82. The molecule has 2 saturated carbocycles. The van der Waals surface area contributed by atoms with Crippen molar-refractivity contribution < 1.29 is 0 Å². The molecule has 4 atom stereocenters. The second-order valence-corrected chi connectivity index (χ2v) is 8.35. The number of hydrogen-bond acceptors (Lipinski definition) is 0. The van der Waals surface area contributed by atoms with Gasteiger partial charge in [-0.3, -0.25) is 0 Å². The molecule has 132 valence electrons. The third-order valence-electron chi connectivity index (χ3n) is 6.92. The van der Waals surface area contributed by atoms with Crippen molar-refractivity contribution in [2.24, 2.45) is 11.8 Å². The van der Waals surface area contributed by atoms with Crippen LogP contribution in [0, 0.1) is 11.8 Å². The molecule has 4 rings (SSSR count). The predicted octanol–water partition coefficient (Wildman–Crippen LogP) is 7.32. The molecule has 2 fully saturated rings. The van der Waals surface area contributed by atoms with Gasteiger partial charge in [-0.2, -0.15) is 0 Å². The fraction of sp³-hybridized carbons (Fsp3) is 0.520. The van der Waals surface area contributed by atoms with Crippen LogP contribution in [-0.4, -0.2) is 0 Å².